The van der Waals surface area contributed by atoms with Gasteiger partial charge in [-0.15, -0.1) is 0 Å². The number of nitrogens with two attached hydrogens (primary N) is 4. The average molecular weight is 588 g/mol. The van der Waals surface area contributed by atoms with Crippen molar-refractivity contribution in [3.63, 3.8) is 0 Å². The van der Waals surface area contributed by atoms with Crippen molar-refractivity contribution in [2.75, 3.05) is 13.1 Å². The number of hydrogen-bond donors (Lipinski definition) is 10. The average Bonchev–Trinajstić information content (AvgIpc) is 2.87. The van der Waals surface area contributed by atoms with Crippen molar-refractivity contribution in [3.8, 4) is 0 Å². The topological polar surface area (TPSA) is 307 Å². The summed E-state index contributed by atoms with van der Waals surface area (Å²) in [4.78, 5) is 78.1. The fourth-order valence-electron chi connectivity index (χ4n) is 3.89. The molecule has 4 atom stereocenters. The Kier molecular flexibility index (Phi) is 18.0. The fourth-order valence-corrected chi connectivity index (χ4v) is 3.89. The molecule has 0 heterocycles. The molecule has 0 aliphatic carbocycles. The van der Waals surface area contributed by atoms with Gasteiger partial charge in [0.15, 0.2) is 5.96 Å². The summed E-state index contributed by atoms with van der Waals surface area (Å²) in [7, 11) is 0. The van der Waals surface area contributed by atoms with Crippen molar-refractivity contribution >= 4 is 41.5 Å². The number of nitrogens with one attached hydrogen (secondary N) is 4. The highest BCUT2D eigenvalue weighted by molar-refractivity contribution is 5.96. The lowest BCUT2D eigenvalue weighted by molar-refractivity contribution is -0.142. The van der Waals surface area contributed by atoms with Crippen molar-refractivity contribution in [3.05, 3.63) is 0 Å². The zero-order valence-electron chi connectivity index (χ0n) is 23.6. The second-order valence-electron chi connectivity index (χ2n) is 9.98. The fraction of sp³-hybridized carbons (Fsp3) is 0.708. The Morgan fingerprint density at radius 2 is 1.34 bits per heavy atom. The van der Waals surface area contributed by atoms with Gasteiger partial charge in [0, 0.05) is 18.9 Å². The standard InChI is InChI=1S/C24H45N9O8/c1-13(2)10-14(11-18(34)33-41)21(38)32-17(12-19(35)36)23(40)31-16(7-5-9-29-24(27)28)22(39)30-15(20(26)37)6-3-4-8-25/h13-17,41H,3-12,25H2,1-2H3,(H2,26,37)(H,30,39)(H,31,40)(H,32,38)(H,33,34)(H,35,36)(H4,27,28,29)/t14-,15+,16+,17+/m1/s1. The van der Waals surface area contributed by atoms with Crippen LogP contribution in [0, 0.1) is 11.8 Å². The van der Waals surface area contributed by atoms with Gasteiger partial charge in [-0.2, -0.15) is 0 Å². The van der Waals surface area contributed by atoms with E-state index in [1.165, 1.54) is 5.48 Å². The molecule has 0 spiro atoms. The lowest BCUT2D eigenvalue weighted by Gasteiger charge is -2.25. The SMILES string of the molecule is CC(C)C[C@H](CC(=O)NO)C(=O)N[C@@H](CC(=O)O)C(=O)N[C@@H](CCCN=C(N)N)C(=O)N[C@@H](CCCCN)C(N)=O. The van der Waals surface area contributed by atoms with Crippen molar-refractivity contribution in [2.24, 2.45) is 39.8 Å². The number of aliphatic imine (C=N–C) groups is 1. The number of carboxylic acid groups (broad SMARTS) is 1. The van der Waals surface area contributed by atoms with Crippen LogP contribution < -0.4 is 44.4 Å². The van der Waals surface area contributed by atoms with Crippen molar-refractivity contribution in [1.82, 2.24) is 21.4 Å². The maximum Gasteiger partial charge on any atom is 0.305 e. The Bertz CT molecular complexity index is 925. The molecule has 0 aliphatic heterocycles. The summed E-state index contributed by atoms with van der Waals surface area (Å²) < 4.78 is 0. The Hall–Kier alpha value is -3.99. The van der Waals surface area contributed by atoms with E-state index in [0.29, 0.717) is 19.4 Å². The minimum absolute atomic E-state index is 0.0109. The first kappa shape index (κ1) is 37.0. The molecule has 17 nitrogen and oxygen atoms in total. The Labute approximate surface area is 238 Å². The van der Waals surface area contributed by atoms with Gasteiger partial charge in [-0.05, 0) is 51.0 Å². The van der Waals surface area contributed by atoms with Crippen LogP contribution in [0.3, 0.4) is 0 Å². The normalized spacial score (nSPS) is 13.7. The summed E-state index contributed by atoms with van der Waals surface area (Å²) in [6, 6.07) is -3.93. The number of primary amides is 1. The first-order chi connectivity index (χ1) is 19.2. The van der Waals surface area contributed by atoms with E-state index in [2.05, 4.69) is 20.9 Å². The van der Waals surface area contributed by atoms with E-state index < -0.39 is 72.4 Å². The number of rotatable bonds is 21. The van der Waals surface area contributed by atoms with Gasteiger partial charge >= 0.3 is 5.97 Å². The largest absolute Gasteiger partial charge is 0.481 e. The van der Waals surface area contributed by atoms with Gasteiger partial charge in [-0.25, -0.2) is 5.48 Å². The van der Waals surface area contributed by atoms with Gasteiger partial charge in [0.1, 0.15) is 18.1 Å². The third-order valence-corrected chi connectivity index (χ3v) is 5.88. The van der Waals surface area contributed by atoms with E-state index in [1.54, 1.807) is 13.8 Å². The maximum atomic E-state index is 13.2. The minimum atomic E-state index is -1.61. The summed E-state index contributed by atoms with van der Waals surface area (Å²) in [5, 5.41) is 25.5. The van der Waals surface area contributed by atoms with E-state index in [9.17, 15) is 33.9 Å². The van der Waals surface area contributed by atoms with Gasteiger partial charge in [0.25, 0.3) is 0 Å². The minimum Gasteiger partial charge on any atom is -0.481 e. The number of amides is 5. The maximum absolute atomic E-state index is 13.2. The molecule has 0 aromatic rings. The molecule has 0 fully saturated rings. The molecule has 41 heavy (non-hydrogen) atoms. The second-order valence-corrected chi connectivity index (χ2v) is 9.98. The smallest absolute Gasteiger partial charge is 0.305 e. The van der Waals surface area contributed by atoms with Crippen LogP contribution in [0.5, 0.6) is 0 Å². The summed E-state index contributed by atoms with van der Waals surface area (Å²) in [5.41, 5.74) is 23.0. The highest BCUT2D eigenvalue weighted by atomic mass is 16.5. The number of carbonyl (C=O) groups is 6. The van der Waals surface area contributed by atoms with E-state index >= 15 is 0 Å². The molecule has 0 rings (SSSR count). The second kappa shape index (κ2) is 20.0. The number of carboxylic acids is 1. The number of guanidine groups is 1. The molecule has 0 saturated carbocycles. The predicted molar refractivity (Wildman–Crippen MR) is 148 cm³/mol. The summed E-state index contributed by atoms with van der Waals surface area (Å²) in [6.45, 7) is 4.07. The molecule has 5 amide bonds. The highest BCUT2D eigenvalue weighted by Gasteiger charge is 2.32. The number of aliphatic carboxylic acids is 1. The van der Waals surface area contributed by atoms with Crippen LogP contribution in [0.1, 0.15) is 65.2 Å². The molecule has 0 aliphatic rings. The first-order valence-electron chi connectivity index (χ1n) is 13.3. The molecule has 234 valence electrons. The zero-order valence-corrected chi connectivity index (χ0v) is 23.6. The van der Waals surface area contributed by atoms with Crippen LogP contribution >= 0.6 is 0 Å². The van der Waals surface area contributed by atoms with Gasteiger partial charge in [0.05, 0.1) is 6.42 Å². The molecular formula is C24H45N9O8. The lowest BCUT2D eigenvalue weighted by atomic mass is 9.92. The number of unbranched alkanes of at least 4 members (excludes halogenated alkanes) is 1. The van der Waals surface area contributed by atoms with Gasteiger partial charge in [-0.1, -0.05) is 13.8 Å². The van der Waals surface area contributed by atoms with Gasteiger partial charge in [0.2, 0.25) is 29.5 Å². The Morgan fingerprint density at radius 3 is 1.85 bits per heavy atom. The van der Waals surface area contributed by atoms with Crippen molar-refractivity contribution < 1.29 is 39.1 Å². The first-order valence-corrected chi connectivity index (χ1v) is 13.3. The van der Waals surface area contributed by atoms with Gasteiger partial charge < -0.3 is 44.0 Å². The quantitative estimate of drug-likeness (QED) is 0.0214. The number of hydrogen-bond acceptors (Lipinski definition) is 9. The summed E-state index contributed by atoms with van der Waals surface area (Å²) in [5.74, 6) is -6.79. The molecule has 17 heteroatoms. The Morgan fingerprint density at radius 1 is 0.780 bits per heavy atom. The van der Waals surface area contributed by atoms with Crippen LogP contribution in [0.4, 0.5) is 0 Å². The van der Waals surface area contributed by atoms with E-state index in [4.69, 9.17) is 28.1 Å². The third-order valence-electron chi connectivity index (χ3n) is 5.88. The van der Waals surface area contributed by atoms with Crippen LogP contribution in [0.15, 0.2) is 4.99 Å². The molecule has 14 N–H and O–H groups in total. The van der Waals surface area contributed by atoms with Crippen molar-refractivity contribution in [2.45, 2.75) is 83.3 Å². The third kappa shape index (κ3) is 16.7. The molecule has 0 saturated heterocycles. The monoisotopic (exact) mass is 587 g/mol. The molecule has 0 unspecified atom stereocenters. The van der Waals surface area contributed by atoms with Gasteiger partial charge in [-0.3, -0.25) is 39.0 Å². The summed E-state index contributed by atoms with van der Waals surface area (Å²) in [6.07, 6.45) is 0.478. The van der Waals surface area contributed by atoms with E-state index in [-0.39, 0.29) is 44.1 Å². The van der Waals surface area contributed by atoms with E-state index in [1.807, 2.05) is 0 Å². The zero-order chi connectivity index (χ0) is 31.5. The molecule has 0 aromatic heterocycles. The van der Waals surface area contributed by atoms with Crippen LogP contribution in [-0.2, 0) is 28.8 Å². The van der Waals surface area contributed by atoms with E-state index in [0.717, 1.165) is 0 Å². The Balaban J connectivity index is 5.87. The van der Waals surface area contributed by atoms with Crippen LogP contribution in [-0.4, -0.2) is 83.0 Å². The van der Waals surface area contributed by atoms with Crippen LogP contribution in [0.25, 0.3) is 0 Å². The molecule has 0 radical (unpaired) electrons. The molecular weight excluding hydrogens is 542 g/mol. The number of hydroxylamine groups is 1. The summed E-state index contributed by atoms with van der Waals surface area (Å²) >= 11 is 0. The van der Waals surface area contributed by atoms with Crippen LogP contribution in [0.2, 0.25) is 0 Å². The lowest BCUT2D eigenvalue weighted by Crippen LogP contribution is -2.57. The predicted octanol–water partition coefficient (Wildman–Crippen LogP) is -2.86. The highest BCUT2D eigenvalue weighted by Crippen LogP contribution is 2.16. The van der Waals surface area contributed by atoms with Crippen molar-refractivity contribution in [1.29, 1.82) is 0 Å². The number of nitrogens with zero attached hydrogens (tertiary/aromatic N) is 1. The molecule has 0 bridgehead atoms. The molecule has 0 aromatic carbocycles. The number of carbonyl (C=O) groups excluding carboxylic acids is 5.